The first-order valence-electron chi connectivity index (χ1n) is 11.6. The normalized spacial score (nSPS) is 32.0. The van der Waals surface area contributed by atoms with Crippen LogP contribution in [-0.2, 0) is 23.1 Å². The van der Waals surface area contributed by atoms with Gasteiger partial charge in [0.1, 0.15) is 47.3 Å². The van der Waals surface area contributed by atoms with Crippen molar-refractivity contribution in [3.05, 3.63) is 39.3 Å². The Labute approximate surface area is 233 Å². The lowest BCUT2D eigenvalue weighted by Crippen LogP contribution is -2.35. The maximum absolute atomic E-state index is 12.8. The molecule has 6 N–H and O–H groups in total. The Morgan fingerprint density at radius 1 is 1.12 bits per heavy atom. The number of aryl methyl sites for hydroxylation is 1. The minimum Gasteiger partial charge on any atom is -0.394 e. The maximum atomic E-state index is 12.8. The number of anilines is 1. The number of nitrogens with zero attached hydrogens (tertiary/aromatic N) is 6. The molecule has 3 aromatic rings. The molecule has 21 heteroatoms. The molecule has 218 valence electrons. The van der Waals surface area contributed by atoms with Crippen molar-refractivity contribution in [2.24, 2.45) is 0 Å². The van der Waals surface area contributed by atoms with Crippen LogP contribution >= 0.6 is 31.0 Å². The zero-order valence-electron chi connectivity index (χ0n) is 20.4. The van der Waals surface area contributed by atoms with E-state index in [2.05, 4.69) is 24.9 Å². The van der Waals surface area contributed by atoms with Gasteiger partial charge in [-0.3, -0.25) is 23.0 Å². The highest BCUT2D eigenvalue weighted by molar-refractivity contribution is 7.47. The Balaban J connectivity index is 1.27. The van der Waals surface area contributed by atoms with Gasteiger partial charge in [-0.15, -0.1) is 23.2 Å². The van der Waals surface area contributed by atoms with E-state index in [9.17, 15) is 29.3 Å². The summed E-state index contributed by atoms with van der Waals surface area (Å²) in [6.07, 6.45) is -5.30. The average Bonchev–Trinajstić information content (AvgIpc) is 3.53. The zero-order valence-corrected chi connectivity index (χ0v) is 22.8. The predicted molar refractivity (Wildman–Crippen MR) is 134 cm³/mol. The molecule has 2 aliphatic rings. The van der Waals surface area contributed by atoms with E-state index in [0.717, 1.165) is 10.9 Å². The number of aromatic nitrogens is 7. The number of alkyl halides is 2. The highest BCUT2D eigenvalue weighted by Gasteiger charge is 2.50. The molecule has 5 heterocycles. The van der Waals surface area contributed by atoms with Crippen LogP contribution in [0.3, 0.4) is 0 Å². The molecule has 2 aliphatic heterocycles. The summed E-state index contributed by atoms with van der Waals surface area (Å²) in [7, 11) is -4.92. The van der Waals surface area contributed by atoms with Crippen molar-refractivity contribution in [1.29, 1.82) is 0 Å². The Hall–Kier alpha value is -2.51. The molecule has 0 amide bonds. The lowest BCUT2D eigenvalue weighted by Gasteiger charge is -2.23. The molecule has 3 unspecified atom stereocenters. The molecule has 2 saturated heterocycles. The molecule has 0 aromatic carbocycles. The summed E-state index contributed by atoms with van der Waals surface area (Å²) in [5, 5.41) is 18.0. The van der Waals surface area contributed by atoms with Gasteiger partial charge in [0.15, 0.2) is 23.6 Å². The van der Waals surface area contributed by atoms with Gasteiger partial charge in [-0.25, -0.2) is 24.3 Å². The van der Waals surface area contributed by atoms with Crippen molar-refractivity contribution in [2.75, 3.05) is 18.9 Å². The summed E-state index contributed by atoms with van der Waals surface area (Å²) in [6.45, 7) is 0.222. The quantitative estimate of drug-likeness (QED) is 0.141. The van der Waals surface area contributed by atoms with Gasteiger partial charge in [-0.1, -0.05) is 0 Å². The highest BCUT2D eigenvalue weighted by atomic mass is 35.5. The number of hydrogen-bond donors (Lipinski definition) is 5. The lowest BCUT2D eigenvalue weighted by atomic mass is 10.2. The number of halogens is 2. The third-order valence-electron chi connectivity index (χ3n) is 6.24. The number of ether oxygens (including phenoxy) is 2. The minimum absolute atomic E-state index is 0.0273. The molecule has 0 radical (unpaired) electrons. The topological polar surface area (TPSA) is 252 Å². The van der Waals surface area contributed by atoms with Crippen LogP contribution in [0.1, 0.15) is 18.3 Å². The number of aliphatic hydroxyl groups is 2. The van der Waals surface area contributed by atoms with E-state index >= 15 is 0 Å². The van der Waals surface area contributed by atoms with Gasteiger partial charge >= 0.3 is 13.5 Å². The first kappa shape index (κ1) is 29.0. The molecule has 18 nitrogen and oxygen atoms in total. The number of phosphoric ester groups is 1. The molecule has 0 aliphatic carbocycles. The summed E-state index contributed by atoms with van der Waals surface area (Å²) < 4.78 is 36.6. The number of aliphatic hydroxyl groups excluding tert-OH is 2. The summed E-state index contributed by atoms with van der Waals surface area (Å²) in [5.74, 6) is 0.0250. The smallest absolute Gasteiger partial charge is 0.394 e. The van der Waals surface area contributed by atoms with Gasteiger partial charge in [-0.2, -0.15) is 4.98 Å². The molecule has 0 spiro atoms. The first-order chi connectivity index (χ1) is 18.9. The third kappa shape index (κ3) is 5.39. The fourth-order valence-electron chi connectivity index (χ4n) is 4.36. The number of H-pyrrole nitrogens is 1. The zero-order chi connectivity index (χ0) is 28.9. The number of aromatic amines is 1. The van der Waals surface area contributed by atoms with Crippen molar-refractivity contribution in [3.63, 3.8) is 0 Å². The van der Waals surface area contributed by atoms with E-state index in [-0.39, 0.29) is 17.1 Å². The van der Waals surface area contributed by atoms with Crippen LogP contribution in [0.2, 0.25) is 0 Å². The van der Waals surface area contributed by atoms with Crippen LogP contribution < -0.4 is 17.0 Å². The van der Waals surface area contributed by atoms with Crippen LogP contribution in [0, 0.1) is 6.92 Å². The Morgan fingerprint density at radius 2 is 1.80 bits per heavy atom. The number of fused-ring (bicyclic) bond motifs is 1. The molecule has 5 rings (SSSR count). The second-order valence-corrected chi connectivity index (χ2v) is 11.3. The number of hydrogen-bond acceptors (Lipinski definition) is 14. The Bertz CT molecular complexity index is 1570. The third-order valence-corrected chi connectivity index (χ3v) is 8.16. The van der Waals surface area contributed by atoms with Crippen molar-refractivity contribution < 1.29 is 38.2 Å². The van der Waals surface area contributed by atoms with E-state index in [4.69, 9.17) is 47.5 Å². The van der Waals surface area contributed by atoms with Crippen molar-refractivity contribution >= 4 is 48.1 Å². The molecule has 2 fully saturated rings. The summed E-state index contributed by atoms with van der Waals surface area (Å²) in [6, 6.07) is 0. The standard InChI is InChI=1S/C19H23Cl2N8O10P/c1-6-25-14-11(15(32)26-6)23-4-28(14)16-9(20)12(31)8(38-16)3-36-40(34,35)39-13-7(2-30)37-17(10(13)21)29-5-24-18(22)27-19(29)33/h4-5,7-10,12-13,16-17,30-31H,2-3H2,1H3,(H,34,35)(H2,22,27,33)(H,25,26,32)/t7-,8-,9+,10+,12?,13?,16-,17-/m1/s1. The number of nitrogens with two attached hydrogens (primary N) is 1. The summed E-state index contributed by atoms with van der Waals surface area (Å²) >= 11 is 12.7. The molecule has 9 atom stereocenters. The van der Waals surface area contributed by atoms with Gasteiger partial charge in [0.25, 0.3) is 5.56 Å². The molecular formula is C19H23Cl2N8O10P. The number of nitrogens with one attached hydrogen (secondary N) is 1. The average molecular weight is 625 g/mol. The molecule has 0 bridgehead atoms. The van der Waals surface area contributed by atoms with Gasteiger partial charge in [0.05, 0.1) is 19.5 Å². The molecule has 40 heavy (non-hydrogen) atoms. The molecular weight excluding hydrogens is 602 g/mol. The number of rotatable bonds is 8. The second kappa shape index (κ2) is 11.1. The minimum atomic E-state index is -4.92. The van der Waals surface area contributed by atoms with Gasteiger partial charge in [-0.05, 0) is 6.92 Å². The fraction of sp³-hybridized carbons (Fsp3) is 0.579. The lowest BCUT2D eigenvalue weighted by molar-refractivity contribution is -0.0565. The van der Waals surface area contributed by atoms with Crippen molar-refractivity contribution in [1.82, 2.24) is 34.1 Å². The predicted octanol–water partition coefficient (Wildman–Crippen LogP) is -1.47. The largest absolute Gasteiger partial charge is 0.472 e. The van der Waals surface area contributed by atoms with Gasteiger partial charge in [0.2, 0.25) is 5.95 Å². The van der Waals surface area contributed by atoms with Crippen LogP contribution in [0.5, 0.6) is 0 Å². The van der Waals surface area contributed by atoms with Crippen LogP contribution in [-0.4, -0.2) is 97.5 Å². The van der Waals surface area contributed by atoms with E-state index in [0.29, 0.717) is 5.82 Å². The van der Waals surface area contributed by atoms with Crippen LogP contribution in [0.15, 0.2) is 22.2 Å². The monoisotopic (exact) mass is 624 g/mol. The van der Waals surface area contributed by atoms with Gasteiger partial charge < -0.3 is 35.3 Å². The second-order valence-electron chi connectivity index (χ2n) is 8.91. The van der Waals surface area contributed by atoms with E-state index < -0.39 is 79.9 Å². The summed E-state index contributed by atoms with van der Waals surface area (Å²) in [4.78, 5) is 52.6. The highest BCUT2D eigenvalue weighted by Crippen LogP contribution is 2.50. The van der Waals surface area contributed by atoms with Crippen LogP contribution in [0.25, 0.3) is 11.2 Å². The SMILES string of the molecule is Cc1nc2c(ncn2[C@@H]2O[C@H](COP(=O)(O)OC3[C@@H](CO)O[C@@H](n4cnc(N)nc4=O)[C@H]3Cl)C(O)[C@@H]2Cl)c(=O)[nH]1. The number of nitrogen functional groups attached to an aromatic ring is 1. The fourth-order valence-corrected chi connectivity index (χ4v) is 6.14. The van der Waals surface area contributed by atoms with Crippen molar-refractivity contribution in [2.45, 2.75) is 54.5 Å². The number of phosphoric acid groups is 1. The first-order valence-corrected chi connectivity index (χ1v) is 13.9. The maximum Gasteiger partial charge on any atom is 0.472 e. The molecule has 0 saturated carbocycles. The van der Waals surface area contributed by atoms with Crippen molar-refractivity contribution in [3.8, 4) is 0 Å². The van der Waals surface area contributed by atoms with Gasteiger partial charge in [0, 0.05) is 0 Å². The Morgan fingerprint density at radius 3 is 2.50 bits per heavy atom. The number of imidazole rings is 1. The Kier molecular flexibility index (Phi) is 8.01. The van der Waals surface area contributed by atoms with E-state index in [1.165, 1.54) is 10.9 Å². The van der Waals surface area contributed by atoms with Crippen LogP contribution in [0.4, 0.5) is 5.95 Å². The van der Waals surface area contributed by atoms with E-state index in [1.54, 1.807) is 6.92 Å². The summed E-state index contributed by atoms with van der Waals surface area (Å²) in [5.41, 5.74) is 4.23. The molecule has 3 aromatic heterocycles. The van der Waals surface area contributed by atoms with E-state index in [1.807, 2.05) is 0 Å².